The first-order valence-corrected chi connectivity index (χ1v) is 10.3. The number of anilines is 2. The van der Waals surface area contributed by atoms with Gasteiger partial charge in [-0.3, -0.25) is 9.59 Å². The molecular weight excluding hydrogens is 429 g/mol. The van der Waals surface area contributed by atoms with Crippen LogP contribution in [0.4, 0.5) is 24.5 Å². The molecule has 1 aliphatic heterocycles. The Balaban J connectivity index is 1.80. The lowest BCUT2D eigenvalue weighted by atomic mass is 10.0. The maximum absolute atomic E-state index is 13.4. The molecule has 3 aromatic rings. The molecule has 0 radical (unpaired) electrons. The van der Waals surface area contributed by atoms with Crippen LogP contribution in [-0.4, -0.2) is 11.8 Å². The topological polar surface area (TPSA) is 49.4 Å². The van der Waals surface area contributed by atoms with E-state index in [2.05, 4.69) is 5.32 Å². The Morgan fingerprint density at radius 1 is 0.758 bits per heavy atom. The summed E-state index contributed by atoms with van der Waals surface area (Å²) < 4.78 is 38.9. The fourth-order valence-electron chi connectivity index (χ4n) is 3.67. The minimum absolute atomic E-state index is 0.0698. The average Bonchev–Trinajstić information content (AvgIpc) is 3.00. The van der Waals surface area contributed by atoms with Crippen LogP contribution in [0.15, 0.2) is 72.4 Å². The summed E-state index contributed by atoms with van der Waals surface area (Å²) in [6.07, 6.45) is -4.52. The predicted octanol–water partition coefficient (Wildman–Crippen LogP) is 6.03. The number of imide groups is 1. The lowest BCUT2D eigenvalue weighted by molar-refractivity contribution is -0.137. The van der Waals surface area contributed by atoms with Gasteiger partial charge >= 0.3 is 6.18 Å². The van der Waals surface area contributed by atoms with Crippen molar-refractivity contribution >= 4 is 28.8 Å². The van der Waals surface area contributed by atoms with Crippen LogP contribution < -0.4 is 10.2 Å². The Morgan fingerprint density at radius 3 is 1.97 bits per heavy atom. The molecule has 0 unspecified atom stereocenters. The van der Waals surface area contributed by atoms with Gasteiger partial charge in [0, 0.05) is 5.69 Å². The van der Waals surface area contributed by atoms with Crippen molar-refractivity contribution in [1.82, 2.24) is 0 Å². The van der Waals surface area contributed by atoms with Gasteiger partial charge in [-0.15, -0.1) is 0 Å². The Labute approximate surface area is 189 Å². The van der Waals surface area contributed by atoms with E-state index in [1.54, 1.807) is 12.1 Å². The van der Waals surface area contributed by atoms with Gasteiger partial charge in [0.25, 0.3) is 11.8 Å². The molecule has 0 bridgehead atoms. The first-order chi connectivity index (χ1) is 15.6. The number of benzene rings is 3. The minimum Gasteiger partial charge on any atom is -0.350 e. The third-order valence-electron chi connectivity index (χ3n) is 5.53. The standard InChI is InChI=1S/C26H21F3N2O2/c1-15-5-8-18(9-6-15)22-23(30-21-14-16(2)4-7-17(21)3)25(33)31(24(22)32)20-12-10-19(11-13-20)26(27,28)29/h4-14,30H,1-3H3. The maximum Gasteiger partial charge on any atom is 0.416 e. The zero-order chi connectivity index (χ0) is 23.9. The summed E-state index contributed by atoms with van der Waals surface area (Å²) in [6.45, 7) is 5.70. The number of amides is 2. The van der Waals surface area contributed by atoms with Gasteiger partial charge < -0.3 is 5.32 Å². The van der Waals surface area contributed by atoms with E-state index in [1.165, 1.54) is 0 Å². The number of hydrogen-bond donors (Lipinski definition) is 1. The van der Waals surface area contributed by atoms with Crippen LogP contribution in [-0.2, 0) is 15.8 Å². The van der Waals surface area contributed by atoms with E-state index in [0.29, 0.717) is 11.3 Å². The Bertz CT molecular complexity index is 1270. The zero-order valence-electron chi connectivity index (χ0n) is 18.2. The van der Waals surface area contributed by atoms with Crippen molar-refractivity contribution in [2.75, 3.05) is 10.2 Å². The van der Waals surface area contributed by atoms with Gasteiger partial charge in [0.1, 0.15) is 5.70 Å². The van der Waals surface area contributed by atoms with Gasteiger partial charge in [-0.25, -0.2) is 4.90 Å². The van der Waals surface area contributed by atoms with Crippen molar-refractivity contribution < 1.29 is 22.8 Å². The smallest absolute Gasteiger partial charge is 0.350 e. The van der Waals surface area contributed by atoms with E-state index in [-0.39, 0.29) is 17.0 Å². The zero-order valence-corrected chi connectivity index (χ0v) is 18.2. The SMILES string of the molecule is Cc1ccc(C2=C(Nc3cc(C)ccc3C)C(=O)N(c3ccc(C(F)(F)F)cc3)C2=O)cc1. The molecule has 1 heterocycles. The molecule has 4 nitrogen and oxygen atoms in total. The molecule has 0 saturated heterocycles. The molecular formula is C26H21F3N2O2. The second-order valence-electron chi connectivity index (χ2n) is 8.05. The molecule has 0 spiro atoms. The average molecular weight is 450 g/mol. The van der Waals surface area contributed by atoms with Crippen molar-refractivity contribution in [2.24, 2.45) is 0 Å². The predicted molar refractivity (Wildman–Crippen MR) is 122 cm³/mol. The van der Waals surface area contributed by atoms with Crippen molar-refractivity contribution in [3.8, 4) is 0 Å². The molecule has 2 amide bonds. The highest BCUT2D eigenvalue weighted by Gasteiger charge is 2.41. The van der Waals surface area contributed by atoms with Crippen LogP contribution in [0.2, 0.25) is 0 Å². The quantitative estimate of drug-likeness (QED) is 0.494. The van der Waals surface area contributed by atoms with Crippen LogP contribution in [0.3, 0.4) is 0 Å². The van der Waals surface area contributed by atoms with E-state index in [1.807, 2.05) is 51.1 Å². The lowest BCUT2D eigenvalue weighted by Crippen LogP contribution is -2.32. The number of carbonyl (C=O) groups excluding carboxylic acids is 2. The van der Waals surface area contributed by atoms with Gasteiger partial charge in [0.15, 0.2) is 0 Å². The van der Waals surface area contributed by atoms with Crippen LogP contribution in [0, 0.1) is 20.8 Å². The molecule has 33 heavy (non-hydrogen) atoms. The normalized spacial score (nSPS) is 14.3. The van der Waals surface area contributed by atoms with Crippen LogP contribution >= 0.6 is 0 Å². The summed E-state index contributed by atoms with van der Waals surface area (Å²) in [6, 6.07) is 16.8. The molecule has 4 rings (SSSR count). The minimum atomic E-state index is -4.52. The van der Waals surface area contributed by atoms with E-state index in [9.17, 15) is 22.8 Å². The van der Waals surface area contributed by atoms with Crippen LogP contribution in [0.25, 0.3) is 5.57 Å². The van der Waals surface area contributed by atoms with Crippen molar-refractivity contribution in [3.05, 3.63) is 100 Å². The fraction of sp³-hybridized carbons (Fsp3) is 0.154. The molecule has 0 saturated carbocycles. The van der Waals surface area contributed by atoms with Gasteiger partial charge in [0.05, 0.1) is 16.8 Å². The summed E-state index contributed by atoms with van der Waals surface area (Å²) in [5, 5.41) is 3.12. The first kappa shape index (κ1) is 22.3. The Kier molecular flexibility index (Phi) is 5.57. The highest BCUT2D eigenvalue weighted by molar-refractivity contribution is 6.46. The maximum atomic E-state index is 13.4. The molecule has 0 aliphatic carbocycles. The number of nitrogens with zero attached hydrogens (tertiary/aromatic N) is 1. The summed E-state index contributed by atoms with van der Waals surface area (Å²) in [4.78, 5) is 27.7. The molecule has 7 heteroatoms. The second kappa shape index (κ2) is 8.24. The van der Waals surface area contributed by atoms with E-state index in [0.717, 1.165) is 45.9 Å². The molecule has 0 aromatic heterocycles. The molecule has 0 fully saturated rings. The molecule has 1 aliphatic rings. The Hall–Kier alpha value is -3.87. The second-order valence-corrected chi connectivity index (χ2v) is 8.05. The number of hydrogen-bond acceptors (Lipinski definition) is 3. The number of halogens is 3. The van der Waals surface area contributed by atoms with Crippen LogP contribution in [0.5, 0.6) is 0 Å². The largest absolute Gasteiger partial charge is 0.416 e. The number of alkyl halides is 3. The third kappa shape index (κ3) is 4.26. The van der Waals surface area contributed by atoms with E-state index >= 15 is 0 Å². The number of nitrogens with one attached hydrogen (secondary N) is 1. The monoisotopic (exact) mass is 450 g/mol. The Morgan fingerprint density at radius 2 is 1.36 bits per heavy atom. The number of rotatable bonds is 4. The molecule has 168 valence electrons. The van der Waals surface area contributed by atoms with E-state index in [4.69, 9.17) is 0 Å². The van der Waals surface area contributed by atoms with Crippen molar-refractivity contribution in [3.63, 3.8) is 0 Å². The van der Waals surface area contributed by atoms with Gasteiger partial charge in [-0.2, -0.15) is 13.2 Å². The molecule has 1 N–H and O–H groups in total. The number of carbonyl (C=O) groups is 2. The summed E-state index contributed by atoms with van der Waals surface area (Å²) >= 11 is 0. The highest BCUT2D eigenvalue weighted by atomic mass is 19.4. The van der Waals surface area contributed by atoms with Crippen molar-refractivity contribution in [1.29, 1.82) is 0 Å². The molecule has 3 aromatic carbocycles. The summed E-state index contributed by atoms with van der Waals surface area (Å²) in [7, 11) is 0. The first-order valence-electron chi connectivity index (χ1n) is 10.3. The van der Waals surface area contributed by atoms with Gasteiger partial charge in [-0.05, 0) is 67.8 Å². The fourth-order valence-corrected chi connectivity index (χ4v) is 3.67. The highest BCUT2D eigenvalue weighted by Crippen LogP contribution is 2.36. The third-order valence-corrected chi connectivity index (χ3v) is 5.53. The number of aryl methyl sites for hydroxylation is 3. The summed E-state index contributed by atoms with van der Waals surface area (Å²) in [5.41, 5.74) is 3.51. The lowest BCUT2D eigenvalue weighted by Gasteiger charge is -2.17. The van der Waals surface area contributed by atoms with Crippen LogP contribution in [0.1, 0.15) is 27.8 Å². The van der Waals surface area contributed by atoms with Gasteiger partial charge in [0.2, 0.25) is 0 Å². The summed E-state index contributed by atoms with van der Waals surface area (Å²) in [5.74, 6) is -1.23. The van der Waals surface area contributed by atoms with Gasteiger partial charge in [-0.1, -0.05) is 42.0 Å². The molecule has 0 atom stereocenters. The van der Waals surface area contributed by atoms with E-state index < -0.39 is 23.6 Å². The van der Waals surface area contributed by atoms with Crippen molar-refractivity contribution in [2.45, 2.75) is 26.9 Å².